The summed E-state index contributed by atoms with van der Waals surface area (Å²) in [5.74, 6) is 0.846. The summed E-state index contributed by atoms with van der Waals surface area (Å²) >= 11 is 0. The number of likely N-dealkylation sites (tertiary alicyclic amines) is 1. The van der Waals surface area contributed by atoms with Crippen LogP contribution in [0.5, 0.6) is 0 Å². The number of methoxy groups -OCH3 is 1. The third-order valence-corrected chi connectivity index (χ3v) is 3.08. The summed E-state index contributed by atoms with van der Waals surface area (Å²) in [6, 6.07) is 0. The van der Waals surface area contributed by atoms with Gasteiger partial charge >= 0.3 is 0 Å². The molecule has 0 aromatic carbocycles. The summed E-state index contributed by atoms with van der Waals surface area (Å²) in [6.45, 7) is 10.2. The second kappa shape index (κ2) is 6.38. The number of nitrogens with zero attached hydrogens (tertiary/aromatic N) is 1. The highest BCUT2D eigenvalue weighted by Gasteiger charge is 2.20. The van der Waals surface area contributed by atoms with Crippen molar-refractivity contribution in [3.8, 4) is 0 Å². The predicted octanol–water partition coefficient (Wildman–Crippen LogP) is 0.953. The van der Waals surface area contributed by atoms with Crippen molar-refractivity contribution < 1.29 is 4.74 Å². The zero-order chi connectivity index (χ0) is 10.4. The van der Waals surface area contributed by atoms with E-state index >= 15 is 0 Å². The lowest BCUT2D eigenvalue weighted by Crippen LogP contribution is -2.31. The Labute approximate surface area is 87.8 Å². The van der Waals surface area contributed by atoms with Crippen LogP contribution in [-0.2, 0) is 4.74 Å². The van der Waals surface area contributed by atoms with E-state index in [9.17, 15) is 0 Å². The first-order valence-corrected chi connectivity index (χ1v) is 5.72. The third-order valence-electron chi connectivity index (χ3n) is 3.08. The molecule has 0 saturated carbocycles. The van der Waals surface area contributed by atoms with E-state index < -0.39 is 0 Å². The molecule has 2 unspecified atom stereocenters. The van der Waals surface area contributed by atoms with Crippen molar-refractivity contribution in [3.63, 3.8) is 0 Å². The normalized spacial score (nSPS) is 25.5. The Bertz CT molecular complexity index is 152. The van der Waals surface area contributed by atoms with Gasteiger partial charge in [-0.1, -0.05) is 6.92 Å². The van der Waals surface area contributed by atoms with Crippen molar-refractivity contribution in [1.29, 1.82) is 0 Å². The van der Waals surface area contributed by atoms with E-state index in [1.807, 2.05) is 0 Å². The minimum absolute atomic E-state index is 0.332. The summed E-state index contributed by atoms with van der Waals surface area (Å²) in [5.41, 5.74) is 0. The van der Waals surface area contributed by atoms with Gasteiger partial charge in [0.15, 0.2) is 0 Å². The molecule has 0 aliphatic carbocycles. The van der Waals surface area contributed by atoms with Crippen molar-refractivity contribution >= 4 is 0 Å². The Morgan fingerprint density at radius 1 is 1.57 bits per heavy atom. The van der Waals surface area contributed by atoms with Gasteiger partial charge in [0.05, 0.1) is 6.10 Å². The summed E-state index contributed by atoms with van der Waals surface area (Å²) in [5, 5.41) is 3.47. The van der Waals surface area contributed by atoms with Gasteiger partial charge in [-0.3, -0.25) is 0 Å². The number of nitrogens with one attached hydrogen (secondary N) is 1. The molecule has 2 atom stereocenters. The standard InChI is InChI=1S/C11H24N2O/c1-4-13-6-5-11(9-13)8-12-7-10(2)14-3/h10-12H,4-9H2,1-3H3. The van der Waals surface area contributed by atoms with Crippen LogP contribution in [0.1, 0.15) is 20.3 Å². The molecule has 1 fully saturated rings. The van der Waals surface area contributed by atoms with Crippen LogP contribution in [0.3, 0.4) is 0 Å². The molecule has 1 heterocycles. The topological polar surface area (TPSA) is 24.5 Å². The Balaban J connectivity index is 2.03. The molecule has 1 saturated heterocycles. The third kappa shape index (κ3) is 3.95. The van der Waals surface area contributed by atoms with Crippen LogP contribution in [-0.4, -0.2) is 50.8 Å². The van der Waals surface area contributed by atoms with Gasteiger partial charge in [0.2, 0.25) is 0 Å². The first kappa shape index (κ1) is 12.0. The van der Waals surface area contributed by atoms with Crippen molar-refractivity contribution in [2.75, 3.05) is 39.8 Å². The number of rotatable bonds is 6. The number of ether oxygens (including phenoxy) is 1. The Morgan fingerprint density at radius 3 is 2.93 bits per heavy atom. The molecule has 14 heavy (non-hydrogen) atoms. The maximum Gasteiger partial charge on any atom is 0.0667 e. The van der Waals surface area contributed by atoms with Crippen molar-refractivity contribution in [3.05, 3.63) is 0 Å². The van der Waals surface area contributed by atoms with Gasteiger partial charge < -0.3 is 15.0 Å². The molecule has 3 heteroatoms. The SMILES string of the molecule is CCN1CCC(CNCC(C)OC)C1. The lowest BCUT2D eigenvalue weighted by atomic mass is 10.1. The van der Waals surface area contributed by atoms with Gasteiger partial charge in [-0.05, 0) is 38.9 Å². The lowest BCUT2D eigenvalue weighted by molar-refractivity contribution is 0.116. The van der Waals surface area contributed by atoms with E-state index in [1.54, 1.807) is 7.11 Å². The molecule has 0 aromatic heterocycles. The van der Waals surface area contributed by atoms with Gasteiger partial charge in [0.25, 0.3) is 0 Å². The lowest BCUT2D eigenvalue weighted by Gasteiger charge is -2.15. The molecule has 1 N–H and O–H groups in total. The van der Waals surface area contributed by atoms with Crippen molar-refractivity contribution in [1.82, 2.24) is 10.2 Å². The fraction of sp³-hybridized carbons (Fsp3) is 1.00. The largest absolute Gasteiger partial charge is 0.380 e. The first-order chi connectivity index (χ1) is 6.76. The Morgan fingerprint density at radius 2 is 2.36 bits per heavy atom. The van der Waals surface area contributed by atoms with E-state index in [1.165, 1.54) is 26.1 Å². The molecule has 0 spiro atoms. The van der Waals surface area contributed by atoms with E-state index in [-0.39, 0.29) is 0 Å². The summed E-state index contributed by atoms with van der Waals surface area (Å²) in [4.78, 5) is 2.52. The highest BCUT2D eigenvalue weighted by molar-refractivity contribution is 4.76. The van der Waals surface area contributed by atoms with E-state index in [0.717, 1.165) is 19.0 Å². The Hall–Kier alpha value is -0.120. The molecule has 1 rings (SSSR count). The van der Waals surface area contributed by atoms with Crippen LogP contribution >= 0.6 is 0 Å². The molecule has 0 radical (unpaired) electrons. The van der Waals surface area contributed by atoms with Crippen molar-refractivity contribution in [2.24, 2.45) is 5.92 Å². The molecule has 0 amide bonds. The monoisotopic (exact) mass is 200 g/mol. The smallest absolute Gasteiger partial charge is 0.0667 e. The van der Waals surface area contributed by atoms with Crippen LogP contribution in [0.15, 0.2) is 0 Å². The van der Waals surface area contributed by atoms with Crippen LogP contribution < -0.4 is 5.32 Å². The van der Waals surface area contributed by atoms with Gasteiger partial charge in [0, 0.05) is 20.2 Å². The number of hydrogen-bond acceptors (Lipinski definition) is 3. The molecule has 3 nitrogen and oxygen atoms in total. The molecule has 0 aromatic rings. The number of hydrogen-bond donors (Lipinski definition) is 1. The van der Waals surface area contributed by atoms with Gasteiger partial charge in [-0.2, -0.15) is 0 Å². The molecule has 0 bridgehead atoms. The zero-order valence-electron chi connectivity index (χ0n) is 9.75. The highest BCUT2D eigenvalue weighted by Crippen LogP contribution is 2.14. The highest BCUT2D eigenvalue weighted by atomic mass is 16.5. The average molecular weight is 200 g/mol. The average Bonchev–Trinajstić information content (AvgIpc) is 2.65. The van der Waals surface area contributed by atoms with E-state index in [4.69, 9.17) is 4.74 Å². The maximum absolute atomic E-state index is 5.18. The quantitative estimate of drug-likeness (QED) is 0.691. The second-order valence-corrected chi connectivity index (χ2v) is 4.25. The van der Waals surface area contributed by atoms with Crippen LogP contribution in [0.4, 0.5) is 0 Å². The van der Waals surface area contributed by atoms with Crippen LogP contribution in [0.2, 0.25) is 0 Å². The molecule has 84 valence electrons. The molecular weight excluding hydrogens is 176 g/mol. The predicted molar refractivity (Wildman–Crippen MR) is 59.6 cm³/mol. The van der Waals surface area contributed by atoms with E-state index in [2.05, 4.69) is 24.1 Å². The first-order valence-electron chi connectivity index (χ1n) is 5.72. The van der Waals surface area contributed by atoms with Gasteiger partial charge in [0.1, 0.15) is 0 Å². The minimum atomic E-state index is 0.332. The fourth-order valence-electron chi connectivity index (χ4n) is 1.94. The minimum Gasteiger partial charge on any atom is -0.380 e. The van der Waals surface area contributed by atoms with Gasteiger partial charge in [-0.15, -0.1) is 0 Å². The summed E-state index contributed by atoms with van der Waals surface area (Å²) < 4.78 is 5.18. The molecular formula is C11H24N2O. The van der Waals surface area contributed by atoms with Crippen LogP contribution in [0, 0.1) is 5.92 Å². The molecule has 1 aliphatic rings. The van der Waals surface area contributed by atoms with E-state index in [0.29, 0.717) is 6.10 Å². The van der Waals surface area contributed by atoms with Gasteiger partial charge in [-0.25, -0.2) is 0 Å². The van der Waals surface area contributed by atoms with Crippen molar-refractivity contribution in [2.45, 2.75) is 26.4 Å². The second-order valence-electron chi connectivity index (χ2n) is 4.25. The molecule has 1 aliphatic heterocycles. The van der Waals surface area contributed by atoms with Crippen LogP contribution in [0.25, 0.3) is 0 Å². The Kier molecular flexibility index (Phi) is 5.45. The summed E-state index contributed by atoms with van der Waals surface area (Å²) in [6.07, 6.45) is 1.68. The summed E-state index contributed by atoms with van der Waals surface area (Å²) in [7, 11) is 1.76. The maximum atomic E-state index is 5.18. The fourth-order valence-corrected chi connectivity index (χ4v) is 1.94. The zero-order valence-corrected chi connectivity index (χ0v) is 9.75.